The minimum atomic E-state index is -0.141. The van der Waals surface area contributed by atoms with Crippen molar-refractivity contribution in [2.24, 2.45) is 10.4 Å². The topological polar surface area (TPSA) is 92.8 Å². The van der Waals surface area contributed by atoms with E-state index in [1.54, 1.807) is 6.08 Å². The molecule has 1 atom stereocenters. The predicted molar refractivity (Wildman–Crippen MR) is 127 cm³/mol. The van der Waals surface area contributed by atoms with Crippen molar-refractivity contribution in [2.75, 3.05) is 6.54 Å². The van der Waals surface area contributed by atoms with Crippen LogP contribution in [-0.4, -0.2) is 34.1 Å². The van der Waals surface area contributed by atoms with E-state index < -0.39 is 0 Å². The number of hydrogen-bond donors (Lipinski definition) is 1. The van der Waals surface area contributed by atoms with Crippen LogP contribution >= 0.6 is 0 Å². The van der Waals surface area contributed by atoms with Gasteiger partial charge < -0.3 is 9.63 Å². The third-order valence-corrected chi connectivity index (χ3v) is 6.40. The normalized spacial score (nSPS) is 20.7. The number of allylic oxidation sites excluding steroid dienone is 2. The zero-order valence-electron chi connectivity index (χ0n) is 19.3. The molecule has 0 saturated carbocycles. The standard InChI is InChI=1S/C27H30N2O4/c1-4-12-28-19(10-11-20-26-23(32)15-27(2,3)16-24(26)33-29-20)25-21(30)13-18(14-22(25)31)17-8-6-5-7-9-17/h4-9,18,30H,1,10-16H2,2-3H3. The van der Waals surface area contributed by atoms with Gasteiger partial charge in [0, 0.05) is 31.4 Å². The minimum absolute atomic E-state index is 0.0450. The smallest absolute Gasteiger partial charge is 0.168 e. The SMILES string of the molecule is C=CCN=C(CCc1noc2c1C(=O)CC(C)(C)C2)C1=C(O)CC(c2ccccc2)CC1=O. The maximum absolute atomic E-state index is 13.1. The van der Waals surface area contributed by atoms with Crippen LogP contribution in [0.25, 0.3) is 0 Å². The molecule has 1 aromatic carbocycles. The summed E-state index contributed by atoms with van der Waals surface area (Å²) in [6.45, 7) is 8.14. The van der Waals surface area contributed by atoms with E-state index in [0.29, 0.717) is 73.4 Å². The zero-order chi connectivity index (χ0) is 23.6. The molecular weight excluding hydrogens is 416 g/mol. The first-order valence-corrected chi connectivity index (χ1v) is 11.4. The quantitative estimate of drug-likeness (QED) is 0.457. The summed E-state index contributed by atoms with van der Waals surface area (Å²) in [6.07, 6.45) is 4.29. The highest BCUT2D eigenvalue weighted by molar-refractivity contribution is 6.23. The molecule has 33 heavy (non-hydrogen) atoms. The number of benzene rings is 1. The Morgan fingerprint density at radius 1 is 1.21 bits per heavy atom. The molecule has 1 N–H and O–H groups in total. The van der Waals surface area contributed by atoms with E-state index in [2.05, 4.69) is 16.7 Å². The van der Waals surface area contributed by atoms with Gasteiger partial charge in [-0.15, -0.1) is 6.58 Å². The maximum atomic E-state index is 13.1. The number of fused-ring (bicyclic) bond motifs is 1. The molecule has 6 heteroatoms. The number of carbonyl (C=O) groups excluding carboxylic acids is 2. The average Bonchev–Trinajstić information content (AvgIpc) is 3.17. The Hall–Kier alpha value is -3.28. The lowest BCUT2D eigenvalue weighted by atomic mass is 9.75. The summed E-state index contributed by atoms with van der Waals surface area (Å²) in [5.74, 6) is 0.589. The Morgan fingerprint density at radius 2 is 1.97 bits per heavy atom. The van der Waals surface area contributed by atoms with Crippen molar-refractivity contribution >= 4 is 17.3 Å². The van der Waals surface area contributed by atoms with Crippen LogP contribution in [0, 0.1) is 5.41 Å². The molecule has 0 saturated heterocycles. The molecule has 1 aromatic heterocycles. The summed E-state index contributed by atoms with van der Waals surface area (Å²) >= 11 is 0. The molecule has 4 rings (SSSR count). The van der Waals surface area contributed by atoms with Gasteiger partial charge in [0.1, 0.15) is 11.5 Å². The van der Waals surface area contributed by atoms with Crippen LogP contribution < -0.4 is 0 Å². The molecule has 6 nitrogen and oxygen atoms in total. The minimum Gasteiger partial charge on any atom is -0.511 e. The lowest BCUT2D eigenvalue weighted by Gasteiger charge is -2.26. The van der Waals surface area contributed by atoms with Crippen LogP contribution in [0.3, 0.4) is 0 Å². The Morgan fingerprint density at radius 3 is 2.67 bits per heavy atom. The Bertz CT molecular complexity index is 1140. The number of rotatable bonds is 7. The van der Waals surface area contributed by atoms with E-state index >= 15 is 0 Å². The van der Waals surface area contributed by atoms with Crippen molar-refractivity contribution < 1.29 is 19.2 Å². The summed E-state index contributed by atoms with van der Waals surface area (Å²) in [6, 6.07) is 9.77. The number of aliphatic hydroxyl groups is 1. The van der Waals surface area contributed by atoms with Crippen LogP contribution in [0.4, 0.5) is 0 Å². The van der Waals surface area contributed by atoms with Gasteiger partial charge in [0.15, 0.2) is 11.6 Å². The fraction of sp³-hybridized carbons (Fsp3) is 0.407. The Kier molecular flexibility index (Phi) is 6.45. The number of nitrogens with zero attached hydrogens (tertiary/aromatic N) is 2. The van der Waals surface area contributed by atoms with Gasteiger partial charge in [0.2, 0.25) is 0 Å². The predicted octanol–water partition coefficient (Wildman–Crippen LogP) is 5.35. The molecule has 0 fully saturated rings. The van der Waals surface area contributed by atoms with Gasteiger partial charge in [-0.05, 0) is 29.7 Å². The number of aliphatic imine (C=N–C) groups is 1. The number of aryl methyl sites for hydroxylation is 1. The van der Waals surface area contributed by atoms with Crippen molar-refractivity contribution in [3.8, 4) is 0 Å². The summed E-state index contributed by atoms with van der Waals surface area (Å²) in [4.78, 5) is 30.4. The van der Waals surface area contributed by atoms with Gasteiger partial charge in [-0.2, -0.15) is 0 Å². The number of hydrogen-bond acceptors (Lipinski definition) is 6. The summed E-state index contributed by atoms with van der Waals surface area (Å²) in [5.41, 5.74) is 2.91. The van der Waals surface area contributed by atoms with Crippen LogP contribution in [0.15, 0.2) is 63.8 Å². The molecule has 1 heterocycles. The number of aliphatic hydroxyl groups excluding tert-OH is 1. The lowest BCUT2D eigenvalue weighted by Crippen LogP contribution is -2.27. The second kappa shape index (κ2) is 9.30. The third kappa shape index (κ3) is 4.90. The van der Waals surface area contributed by atoms with E-state index in [1.807, 2.05) is 44.2 Å². The third-order valence-electron chi connectivity index (χ3n) is 6.40. The van der Waals surface area contributed by atoms with Crippen molar-refractivity contribution in [3.63, 3.8) is 0 Å². The van der Waals surface area contributed by atoms with Crippen LogP contribution in [0.5, 0.6) is 0 Å². The molecule has 2 aliphatic carbocycles. The monoisotopic (exact) mass is 446 g/mol. The van der Waals surface area contributed by atoms with Crippen molar-refractivity contribution in [3.05, 3.63) is 76.9 Å². The van der Waals surface area contributed by atoms with Crippen LogP contribution in [-0.2, 0) is 17.6 Å². The summed E-state index contributed by atoms with van der Waals surface area (Å²) in [5, 5.41) is 15.0. The first-order chi connectivity index (χ1) is 15.8. The van der Waals surface area contributed by atoms with E-state index in [1.165, 1.54) is 0 Å². The first-order valence-electron chi connectivity index (χ1n) is 11.4. The molecule has 0 spiro atoms. The highest BCUT2D eigenvalue weighted by Gasteiger charge is 2.37. The molecule has 0 bridgehead atoms. The fourth-order valence-electron chi connectivity index (χ4n) is 4.87. The Balaban J connectivity index is 1.57. The fourth-order valence-corrected chi connectivity index (χ4v) is 4.87. The zero-order valence-corrected chi connectivity index (χ0v) is 19.3. The largest absolute Gasteiger partial charge is 0.511 e. The van der Waals surface area contributed by atoms with Gasteiger partial charge in [0.25, 0.3) is 0 Å². The summed E-state index contributed by atoms with van der Waals surface area (Å²) < 4.78 is 5.50. The van der Waals surface area contributed by atoms with Crippen molar-refractivity contribution in [1.29, 1.82) is 0 Å². The van der Waals surface area contributed by atoms with Crippen molar-refractivity contribution in [1.82, 2.24) is 5.16 Å². The summed E-state index contributed by atoms with van der Waals surface area (Å²) in [7, 11) is 0. The van der Waals surface area contributed by atoms with Gasteiger partial charge in [0.05, 0.1) is 23.4 Å². The van der Waals surface area contributed by atoms with Gasteiger partial charge in [-0.3, -0.25) is 14.6 Å². The number of Topliss-reactive ketones (excluding diaryl/α,β-unsaturated/α-hetero) is 2. The Labute approximate surface area is 194 Å². The molecule has 0 amide bonds. The van der Waals surface area contributed by atoms with Crippen LogP contribution in [0.2, 0.25) is 0 Å². The second-order valence-electron chi connectivity index (χ2n) is 9.71. The number of ketones is 2. The number of aromatic nitrogens is 1. The van der Waals surface area contributed by atoms with E-state index in [-0.39, 0.29) is 28.7 Å². The van der Waals surface area contributed by atoms with Crippen molar-refractivity contribution in [2.45, 2.75) is 58.3 Å². The molecule has 0 radical (unpaired) electrons. The highest BCUT2D eigenvalue weighted by Crippen LogP contribution is 2.37. The molecule has 2 aliphatic rings. The molecular formula is C27H30N2O4. The van der Waals surface area contributed by atoms with Gasteiger partial charge >= 0.3 is 0 Å². The van der Waals surface area contributed by atoms with Crippen LogP contribution in [0.1, 0.15) is 72.8 Å². The van der Waals surface area contributed by atoms with Gasteiger partial charge in [-0.1, -0.05) is 55.4 Å². The van der Waals surface area contributed by atoms with E-state index in [4.69, 9.17) is 4.52 Å². The molecule has 1 unspecified atom stereocenters. The number of carbonyl (C=O) groups is 2. The molecule has 0 aliphatic heterocycles. The van der Waals surface area contributed by atoms with E-state index in [9.17, 15) is 14.7 Å². The lowest BCUT2D eigenvalue weighted by molar-refractivity contribution is -0.116. The van der Waals surface area contributed by atoms with E-state index in [0.717, 1.165) is 5.56 Å². The second-order valence-corrected chi connectivity index (χ2v) is 9.71. The average molecular weight is 447 g/mol. The first kappa shape index (κ1) is 22.9. The molecule has 172 valence electrons. The van der Waals surface area contributed by atoms with Gasteiger partial charge in [-0.25, -0.2) is 0 Å². The molecule has 2 aromatic rings. The highest BCUT2D eigenvalue weighted by atomic mass is 16.5. The maximum Gasteiger partial charge on any atom is 0.168 e.